The van der Waals surface area contributed by atoms with Gasteiger partial charge in [-0.2, -0.15) is 0 Å². The largest absolute Gasteiger partial charge is 0.377 e. The summed E-state index contributed by atoms with van der Waals surface area (Å²) in [5, 5.41) is 0. The fraction of sp³-hybridized carbons (Fsp3) is 1.00. The van der Waals surface area contributed by atoms with Crippen molar-refractivity contribution in [2.24, 2.45) is 5.73 Å². The molecule has 0 saturated carbocycles. The molecule has 0 aromatic carbocycles. The third-order valence-electron chi connectivity index (χ3n) is 2.95. The summed E-state index contributed by atoms with van der Waals surface area (Å²) in [6.45, 7) is 7.41. The molecule has 2 N–H and O–H groups in total. The molecular formula is C12H26N2O. The van der Waals surface area contributed by atoms with Crippen LogP contribution in [-0.4, -0.2) is 43.8 Å². The van der Waals surface area contributed by atoms with Gasteiger partial charge in [-0.1, -0.05) is 6.92 Å². The Hall–Kier alpha value is -0.120. The van der Waals surface area contributed by atoms with Crippen molar-refractivity contribution in [3.8, 4) is 0 Å². The van der Waals surface area contributed by atoms with Crippen molar-refractivity contribution < 1.29 is 4.74 Å². The van der Waals surface area contributed by atoms with E-state index in [-0.39, 0.29) is 0 Å². The lowest BCUT2D eigenvalue weighted by molar-refractivity contribution is -0.00574. The minimum atomic E-state index is 0.475. The van der Waals surface area contributed by atoms with Crippen LogP contribution in [0, 0.1) is 0 Å². The molecule has 0 spiro atoms. The van der Waals surface area contributed by atoms with Crippen molar-refractivity contribution in [3.63, 3.8) is 0 Å². The van der Waals surface area contributed by atoms with E-state index in [1.807, 2.05) is 0 Å². The molecule has 1 rings (SSSR count). The van der Waals surface area contributed by atoms with Crippen LogP contribution in [0.25, 0.3) is 0 Å². The van der Waals surface area contributed by atoms with Crippen LogP contribution in [-0.2, 0) is 4.74 Å². The van der Waals surface area contributed by atoms with Gasteiger partial charge in [-0.05, 0) is 51.7 Å². The van der Waals surface area contributed by atoms with Gasteiger partial charge < -0.3 is 15.4 Å². The van der Waals surface area contributed by atoms with Crippen LogP contribution in [0.5, 0.6) is 0 Å². The zero-order valence-electron chi connectivity index (χ0n) is 10.1. The quantitative estimate of drug-likeness (QED) is 0.700. The molecule has 90 valence electrons. The molecular weight excluding hydrogens is 188 g/mol. The second-order valence-corrected chi connectivity index (χ2v) is 4.43. The third-order valence-corrected chi connectivity index (χ3v) is 2.95. The predicted octanol–water partition coefficient (Wildman–Crippen LogP) is 1.62. The highest BCUT2D eigenvalue weighted by atomic mass is 16.5. The first-order valence-electron chi connectivity index (χ1n) is 6.40. The fourth-order valence-electron chi connectivity index (χ4n) is 2.16. The average Bonchev–Trinajstić information content (AvgIpc) is 2.28. The Morgan fingerprint density at radius 2 is 2.20 bits per heavy atom. The highest BCUT2D eigenvalue weighted by Crippen LogP contribution is 2.14. The Morgan fingerprint density at radius 1 is 1.33 bits per heavy atom. The first kappa shape index (κ1) is 12.9. The van der Waals surface area contributed by atoms with E-state index in [2.05, 4.69) is 11.8 Å². The molecule has 0 amide bonds. The van der Waals surface area contributed by atoms with Crippen molar-refractivity contribution >= 4 is 0 Å². The Morgan fingerprint density at radius 3 is 2.80 bits per heavy atom. The van der Waals surface area contributed by atoms with Gasteiger partial charge in [0.1, 0.15) is 0 Å². The molecule has 1 unspecified atom stereocenters. The van der Waals surface area contributed by atoms with Crippen LogP contribution >= 0.6 is 0 Å². The monoisotopic (exact) mass is 214 g/mol. The van der Waals surface area contributed by atoms with Gasteiger partial charge in [-0.25, -0.2) is 0 Å². The maximum absolute atomic E-state index is 5.76. The molecule has 0 aliphatic carbocycles. The normalized spacial score (nSPS) is 22.2. The number of nitrogens with zero attached hydrogens (tertiary/aromatic N) is 1. The summed E-state index contributed by atoms with van der Waals surface area (Å²) < 4.78 is 5.76. The third kappa shape index (κ3) is 5.50. The lowest BCUT2D eigenvalue weighted by Gasteiger charge is -2.29. The van der Waals surface area contributed by atoms with E-state index in [0.717, 1.165) is 32.7 Å². The Bertz CT molecular complexity index is 147. The molecule has 0 bridgehead atoms. The minimum absolute atomic E-state index is 0.475. The summed E-state index contributed by atoms with van der Waals surface area (Å²) in [5.41, 5.74) is 5.55. The average molecular weight is 214 g/mol. The lowest BCUT2D eigenvalue weighted by atomic mass is 10.1. The molecule has 1 atom stereocenters. The van der Waals surface area contributed by atoms with Crippen LogP contribution in [0.15, 0.2) is 0 Å². The van der Waals surface area contributed by atoms with Crippen LogP contribution in [0.1, 0.15) is 39.0 Å². The molecule has 3 heteroatoms. The number of ether oxygens (including phenoxy) is 1. The van der Waals surface area contributed by atoms with E-state index < -0.39 is 0 Å². The van der Waals surface area contributed by atoms with Crippen LogP contribution in [0.4, 0.5) is 0 Å². The van der Waals surface area contributed by atoms with E-state index in [1.165, 1.54) is 32.2 Å². The van der Waals surface area contributed by atoms with Crippen molar-refractivity contribution in [1.82, 2.24) is 4.90 Å². The molecule has 1 aliphatic heterocycles. The molecule has 15 heavy (non-hydrogen) atoms. The molecule has 1 saturated heterocycles. The summed E-state index contributed by atoms with van der Waals surface area (Å²) in [4.78, 5) is 2.50. The lowest BCUT2D eigenvalue weighted by Crippen LogP contribution is -2.37. The summed E-state index contributed by atoms with van der Waals surface area (Å²) in [5.74, 6) is 0. The summed E-state index contributed by atoms with van der Waals surface area (Å²) in [6, 6.07) is 0. The number of nitrogens with two attached hydrogens (primary N) is 1. The van der Waals surface area contributed by atoms with Gasteiger partial charge in [0.2, 0.25) is 0 Å². The Labute approximate surface area is 94.0 Å². The SMILES string of the molecule is CCCN(CCCN)CC1CCCCO1. The smallest absolute Gasteiger partial charge is 0.0702 e. The zero-order chi connectivity index (χ0) is 10.9. The van der Waals surface area contributed by atoms with E-state index in [1.54, 1.807) is 0 Å². The van der Waals surface area contributed by atoms with Crippen molar-refractivity contribution in [2.45, 2.75) is 45.1 Å². The van der Waals surface area contributed by atoms with E-state index in [4.69, 9.17) is 10.5 Å². The van der Waals surface area contributed by atoms with Gasteiger partial charge in [0, 0.05) is 13.2 Å². The van der Waals surface area contributed by atoms with Gasteiger partial charge in [0.15, 0.2) is 0 Å². The topological polar surface area (TPSA) is 38.5 Å². The van der Waals surface area contributed by atoms with Gasteiger partial charge in [0.05, 0.1) is 6.10 Å². The second kappa shape index (κ2) is 8.08. The molecule has 1 heterocycles. The fourth-order valence-corrected chi connectivity index (χ4v) is 2.16. The van der Waals surface area contributed by atoms with Gasteiger partial charge in [-0.15, -0.1) is 0 Å². The summed E-state index contributed by atoms with van der Waals surface area (Å²) >= 11 is 0. The molecule has 0 radical (unpaired) electrons. The second-order valence-electron chi connectivity index (χ2n) is 4.43. The maximum atomic E-state index is 5.76. The van der Waals surface area contributed by atoms with Crippen LogP contribution in [0.3, 0.4) is 0 Å². The zero-order valence-corrected chi connectivity index (χ0v) is 10.1. The van der Waals surface area contributed by atoms with Crippen molar-refractivity contribution in [2.75, 3.05) is 32.8 Å². The first-order chi connectivity index (χ1) is 7.36. The maximum Gasteiger partial charge on any atom is 0.0702 e. The molecule has 1 aliphatic rings. The Kier molecular flexibility index (Phi) is 6.98. The summed E-state index contributed by atoms with van der Waals surface area (Å²) in [6.07, 6.45) is 6.62. The molecule has 1 fully saturated rings. The Balaban J connectivity index is 2.21. The van der Waals surface area contributed by atoms with Gasteiger partial charge >= 0.3 is 0 Å². The van der Waals surface area contributed by atoms with Gasteiger partial charge in [0.25, 0.3) is 0 Å². The minimum Gasteiger partial charge on any atom is -0.377 e. The standard InChI is InChI=1S/C12H26N2O/c1-2-8-14(9-5-7-13)11-12-6-3-4-10-15-12/h12H,2-11,13H2,1H3. The van der Waals surface area contributed by atoms with E-state index in [0.29, 0.717) is 6.10 Å². The number of rotatable bonds is 7. The van der Waals surface area contributed by atoms with Gasteiger partial charge in [-0.3, -0.25) is 0 Å². The van der Waals surface area contributed by atoms with E-state index >= 15 is 0 Å². The predicted molar refractivity (Wildman–Crippen MR) is 64.0 cm³/mol. The first-order valence-corrected chi connectivity index (χ1v) is 6.40. The highest BCUT2D eigenvalue weighted by Gasteiger charge is 2.16. The molecule has 0 aromatic rings. The van der Waals surface area contributed by atoms with Crippen molar-refractivity contribution in [3.05, 3.63) is 0 Å². The van der Waals surface area contributed by atoms with Crippen molar-refractivity contribution in [1.29, 1.82) is 0 Å². The summed E-state index contributed by atoms with van der Waals surface area (Å²) in [7, 11) is 0. The van der Waals surface area contributed by atoms with E-state index in [9.17, 15) is 0 Å². The van der Waals surface area contributed by atoms with Crippen LogP contribution < -0.4 is 5.73 Å². The molecule has 0 aromatic heterocycles. The van der Waals surface area contributed by atoms with Crippen LogP contribution in [0.2, 0.25) is 0 Å². The highest BCUT2D eigenvalue weighted by molar-refractivity contribution is 4.69. The molecule has 3 nitrogen and oxygen atoms in total. The number of hydrogen-bond donors (Lipinski definition) is 1. The number of hydrogen-bond acceptors (Lipinski definition) is 3.